The Labute approximate surface area is 151 Å². The summed E-state index contributed by atoms with van der Waals surface area (Å²) in [7, 11) is 0. The highest BCUT2D eigenvalue weighted by molar-refractivity contribution is 5.82. The number of benzene rings is 3. The number of rotatable bonds is 0. The van der Waals surface area contributed by atoms with Crippen molar-refractivity contribution in [3.05, 3.63) is 83.2 Å². The zero-order chi connectivity index (χ0) is 18.8. The first-order chi connectivity index (χ1) is 12.7. The molecule has 0 heterocycles. The first kappa shape index (κ1) is 18.0. The molecule has 3 aromatic rings. The zero-order valence-corrected chi connectivity index (χ0v) is 13.7. The van der Waals surface area contributed by atoms with E-state index in [1.165, 1.54) is 35.0 Å². The molecule has 0 aliphatic rings. The molecule has 0 saturated carbocycles. The molecule has 0 radical (unpaired) electrons. The molecule has 26 heavy (non-hydrogen) atoms. The van der Waals surface area contributed by atoms with Gasteiger partial charge in [0.2, 0.25) is 0 Å². The summed E-state index contributed by atoms with van der Waals surface area (Å²) in [4.78, 5) is 0. The number of fused-ring (bicyclic) bond motifs is 1. The first-order valence-electron chi connectivity index (χ1n) is 7.62. The van der Waals surface area contributed by atoms with E-state index in [4.69, 9.17) is 21.0 Å². The van der Waals surface area contributed by atoms with Crippen LogP contribution in [-0.4, -0.2) is 0 Å². The van der Waals surface area contributed by atoms with E-state index in [2.05, 4.69) is 48.5 Å². The average Bonchev–Trinajstić information content (AvgIpc) is 2.71. The van der Waals surface area contributed by atoms with Crippen molar-refractivity contribution in [1.82, 2.24) is 0 Å². The zero-order valence-electron chi connectivity index (χ0n) is 13.7. The van der Waals surface area contributed by atoms with Gasteiger partial charge in [0, 0.05) is 10.4 Å². The quantitative estimate of drug-likeness (QED) is 0.632. The van der Waals surface area contributed by atoms with Crippen LogP contribution in [0.3, 0.4) is 0 Å². The van der Waals surface area contributed by atoms with E-state index in [0.29, 0.717) is 10.4 Å². The third kappa shape index (κ3) is 4.33. The Kier molecular flexibility index (Phi) is 6.25. The van der Waals surface area contributed by atoms with Crippen LogP contribution < -0.4 is 10.4 Å². The van der Waals surface area contributed by atoms with Gasteiger partial charge in [-0.25, -0.2) is 0 Å². The summed E-state index contributed by atoms with van der Waals surface area (Å²) in [6, 6.07) is 29.9. The lowest BCUT2D eigenvalue weighted by molar-refractivity contribution is 1.46. The highest BCUT2D eigenvalue weighted by Gasteiger charge is 1.96. The van der Waals surface area contributed by atoms with Gasteiger partial charge in [0.15, 0.2) is 0 Å². The van der Waals surface area contributed by atoms with E-state index >= 15 is 0 Å². The van der Waals surface area contributed by atoms with Crippen molar-refractivity contribution in [2.24, 2.45) is 0 Å². The minimum Gasteiger partial charge on any atom is -0.192 e. The van der Waals surface area contributed by atoms with E-state index in [-0.39, 0.29) is 11.1 Å². The number of hydrogen-bond acceptors (Lipinski definition) is 4. The van der Waals surface area contributed by atoms with Crippen LogP contribution in [0.4, 0.5) is 0 Å². The molecule has 0 aliphatic heterocycles. The molecule has 0 fully saturated rings. The molecular weight excluding hydrogens is 320 g/mol. The molecule has 0 saturated heterocycles. The minimum absolute atomic E-state index is 0.00187. The lowest BCUT2D eigenvalue weighted by atomic mass is 10.1. The molecule has 0 bridgehead atoms. The van der Waals surface area contributed by atoms with Crippen molar-refractivity contribution in [1.29, 1.82) is 21.0 Å². The van der Waals surface area contributed by atoms with Crippen molar-refractivity contribution >= 4 is 21.9 Å². The molecule has 0 unspecified atom stereocenters. The highest BCUT2D eigenvalue weighted by atomic mass is 14.3. The predicted octanol–water partition coefficient (Wildman–Crippen LogP) is 2.92. The van der Waals surface area contributed by atoms with E-state index in [1.807, 2.05) is 0 Å². The Morgan fingerprint density at radius 2 is 0.731 bits per heavy atom. The maximum absolute atomic E-state index is 8.63. The second-order valence-electron chi connectivity index (χ2n) is 5.12. The van der Waals surface area contributed by atoms with Crippen LogP contribution >= 0.6 is 0 Å². The summed E-state index contributed by atoms with van der Waals surface area (Å²) in [6.45, 7) is 0. The molecule has 0 amide bonds. The Hall–Kier alpha value is -4.38. The Bertz CT molecular complexity index is 1040. The van der Waals surface area contributed by atoms with E-state index < -0.39 is 0 Å². The molecule has 0 spiro atoms. The van der Waals surface area contributed by atoms with Gasteiger partial charge >= 0.3 is 0 Å². The van der Waals surface area contributed by atoms with Crippen molar-refractivity contribution in [2.75, 3.05) is 0 Å². The standard InChI is InChI=1S/C12H4N4.C10H8/c13-5-11(6-14)9-1-2-10(4-3-9)12(7-15)8-16;1-2-6-10-8-4-3-7-9(10)5-1/h1-4H;1-8H. The van der Waals surface area contributed by atoms with Gasteiger partial charge in [-0.2, -0.15) is 21.0 Å². The van der Waals surface area contributed by atoms with Crippen LogP contribution in [0.5, 0.6) is 0 Å². The predicted molar refractivity (Wildman–Crippen MR) is 98.9 cm³/mol. The lowest BCUT2D eigenvalue weighted by Gasteiger charge is -1.92. The van der Waals surface area contributed by atoms with Gasteiger partial charge in [-0.3, -0.25) is 0 Å². The topological polar surface area (TPSA) is 95.2 Å². The third-order valence-corrected chi connectivity index (χ3v) is 3.57. The summed E-state index contributed by atoms with van der Waals surface area (Å²) in [5.74, 6) is 0. The van der Waals surface area contributed by atoms with Crippen LogP contribution in [0, 0.1) is 45.3 Å². The first-order valence-corrected chi connectivity index (χ1v) is 7.62. The highest BCUT2D eigenvalue weighted by Crippen LogP contribution is 2.11. The number of nitriles is 4. The van der Waals surface area contributed by atoms with Crippen LogP contribution in [-0.2, 0) is 0 Å². The second kappa shape index (κ2) is 9.05. The van der Waals surface area contributed by atoms with E-state index in [0.717, 1.165) is 0 Å². The molecule has 0 atom stereocenters. The van der Waals surface area contributed by atoms with Crippen molar-refractivity contribution in [2.45, 2.75) is 0 Å². The maximum atomic E-state index is 8.63. The Morgan fingerprint density at radius 1 is 0.462 bits per heavy atom. The van der Waals surface area contributed by atoms with Gasteiger partial charge in [0.25, 0.3) is 0 Å². The summed E-state index contributed by atoms with van der Waals surface area (Å²) < 4.78 is 0. The van der Waals surface area contributed by atoms with Crippen LogP contribution in [0.2, 0.25) is 0 Å². The van der Waals surface area contributed by atoms with Gasteiger partial charge in [0.1, 0.15) is 35.4 Å². The third-order valence-electron chi connectivity index (χ3n) is 3.57. The van der Waals surface area contributed by atoms with E-state index in [1.54, 1.807) is 24.3 Å². The Morgan fingerprint density at radius 3 is 0.962 bits per heavy atom. The molecule has 120 valence electrons. The summed E-state index contributed by atoms with van der Waals surface area (Å²) in [5.41, 5.74) is 0.00373. The Balaban J connectivity index is 0.000000206. The van der Waals surface area contributed by atoms with Gasteiger partial charge < -0.3 is 0 Å². The van der Waals surface area contributed by atoms with E-state index in [9.17, 15) is 0 Å². The summed E-state index contributed by atoms with van der Waals surface area (Å²) >= 11 is 0. The van der Waals surface area contributed by atoms with Crippen molar-refractivity contribution in [3.8, 4) is 24.3 Å². The molecule has 3 aromatic carbocycles. The van der Waals surface area contributed by atoms with Crippen LogP contribution in [0.25, 0.3) is 21.9 Å². The SMILES string of the molecule is N#CC(C#N)=c1ccc(=C(C#N)C#N)cc1.c1ccc2ccccc2c1. The number of hydrogen-bond donors (Lipinski definition) is 0. The molecule has 0 aliphatic carbocycles. The average molecular weight is 332 g/mol. The lowest BCUT2D eigenvalue weighted by Crippen LogP contribution is -2.11. The van der Waals surface area contributed by atoms with Crippen molar-refractivity contribution < 1.29 is 0 Å². The second-order valence-corrected chi connectivity index (χ2v) is 5.12. The largest absolute Gasteiger partial charge is 0.192 e. The molecular formula is C22H12N4. The van der Waals surface area contributed by atoms with Crippen molar-refractivity contribution in [3.63, 3.8) is 0 Å². The molecule has 0 aromatic heterocycles. The molecule has 4 heteroatoms. The minimum atomic E-state index is 0.00187. The van der Waals surface area contributed by atoms with Gasteiger partial charge in [0.05, 0.1) is 0 Å². The van der Waals surface area contributed by atoms with Crippen LogP contribution in [0.1, 0.15) is 0 Å². The fourth-order valence-electron chi connectivity index (χ4n) is 2.24. The molecule has 4 nitrogen and oxygen atoms in total. The van der Waals surface area contributed by atoms with Crippen LogP contribution in [0.15, 0.2) is 72.8 Å². The fraction of sp³-hybridized carbons (Fsp3) is 0. The number of nitrogens with zero attached hydrogens (tertiary/aromatic N) is 4. The summed E-state index contributed by atoms with van der Waals surface area (Å²) in [5, 5.41) is 38.1. The maximum Gasteiger partial charge on any atom is 0.136 e. The van der Waals surface area contributed by atoms with Gasteiger partial charge in [-0.15, -0.1) is 0 Å². The van der Waals surface area contributed by atoms with Gasteiger partial charge in [-0.1, -0.05) is 72.8 Å². The monoisotopic (exact) mass is 332 g/mol. The fourth-order valence-corrected chi connectivity index (χ4v) is 2.24. The molecule has 3 rings (SSSR count). The molecule has 0 N–H and O–H groups in total. The summed E-state index contributed by atoms with van der Waals surface area (Å²) in [6.07, 6.45) is 0. The van der Waals surface area contributed by atoms with Gasteiger partial charge in [-0.05, 0) is 10.8 Å². The smallest absolute Gasteiger partial charge is 0.136 e. The normalized spacial score (nSPS) is 8.62.